The minimum absolute atomic E-state index is 0.559. The summed E-state index contributed by atoms with van der Waals surface area (Å²) in [7, 11) is 2.21. The van der Waals surface area contributed by atoms with Crippen molar-refractivity contribution < 1.29 is 0 Å². The summed E-state index contributed by atoms with van der Waals surface area (Å²) in [5.41, 5.74) is 3.75. The summed E-state index contributed by atoms with van der Waals surface area (Å²) in [5.74, 6) is 1.21. The van der Waals surface area contributed by atoms with Gasteiger partial charge in [-0.1, -0.05) is 0 Å². The largest absolute Gasteiger partial charge is 0.371 e. The number of anilines is 1. The SMILES string of the molecule is CSCCC(C)N(C)c1cc(C)ncc1CNC1CC1. The van der Waals surface area contributed by atoms with E-state index in [9.17, 15) is 0 Å². The molecule has 20 heavy (non-hydrogen) atoms. The standard InChI is InChI=1S/C16H27N3S/c1-12-9-16(19(3)13(2)7-8-20-4)14(10-17-12)11-18-15-5-6-15/h9-10,13,15,18H,5-8,11H2,1-4H3. The number of aromatic nitrogens is 1. The average Bonchev–Trinajstić information content (AvgIpc) is 3.26. The van der Waals surface area contributed by atoms with E-state index in [1.165, 1.54) is 36.3 Å². The third-order valence-corrected chi connectivity index (χ3v) is 4.68. The van der Waals surface area contributed by atoms with Gasteiger partial charge in [-0.2, -0.15) is 11.8 Å². The predicted octanol–water partition coefficient (Wildman–Crippen LogP) is 3.22. The Hall–Kier alpha value is -0.740. The molecule has 0 amide bonds. The van der Waals surface area contributed by atoms with Crippen molar-refractivity contribution in [2.75, 3.05) is 24.0 Å². The molecule has 4 heteroatoms. The van der Waals surface area contributed by atoms with Crippen LogP contribution in [0.1, 0.15) is 37.4 Å². The Morgan fingerprint density at radius 2 is 2.25 bits per heavy atom. The van der Waals surface area contributed by atoms with E-state index >= 15 is 0 Å². The zero-order valence-corrected chi connectivity index (χ0v) is 14.0. The highest BCUT2D eigenvalue weighted by molar-refractivity contribution is 7.98. The molecule has 0 spiro atoms. The lowest BCUT2D eigenvalue weighted by molar-refractivity contribution is 0.651. The van der Waals surface area contributed by atoms with Crippen LogP contribution in [0, 0.1) is 6.92 Å². The first kappa shape index (κ1) is 15.6. The van der Waals surface area contributed by atoms with Crippen LogP contribution in [0.15, 0.2) is 12.3 Å². The second-order valence-corrected chi connectivity index (χ2v) is 6.84. The average molecular weight is 293 g/mol. The molecule has 1 fully saturated rings. The van der Waals surface area contributed by atoms with Crippen LogP contribution in [0.3, 0.4) is 0 Å². The minimum Gasteiger partial charge on any atom is -0.371 e. The number of hydrogen-bond acceptors (Lipinski definition) is 4. The number of pyridine rings is 1. The molecular weight excluding hydrogens is 266 g/mol. The first-order chi connectivity index (χ1) is 9.61. The van der Waals surface area contributed by atoms with E-state index in [0.717, 1.165) is 18.3 Å². The van der Waals surface area contributed by atoms with Crippen LogP contribution in [0.5, 0.6) is 0 Å². The topological polar surface area (TPSA) is 28.2 Å². The van der Waals surface area contributed by atoms with Crippen molar-refractivity contribution in [3.05, 3.63) is 23.5 Å². The number of nitrogens with one attached hydrogen (secondary N) is 1. The van der Waals surface area contributed by atoms with Gasteiger partial charge in [0.2, 0.25) is 0 Å². The van der Waals surface area contributed by atoms with Gasteiger partial charge in [0.15, 0.2) is 0 Å². The van der Waals surface area contributed by atoms with Gasteiger partial charge in [0.1, 0.15) is 0 Å². The van der Waals surface area contributed by atoms with Crippen LogP contribution in [-0.4, -0.2) is 36.1 Å². The maximum absolute atomic E-state index is 4.47. The molecule has 0 aliphatic heterocycles. The summed E-state index contributed by atoms with van der Waals surface area (Å²) in [6.45, 7) is 5.32. The molecule has 2 rings (SSSR count). The van der Waals surface area contributed by atoms with E-state index in [0.29, 0.717) is 6.04 Å². The van der Waals surface area contributed by atoms with Gasteiger partial charge in [0.05, 0.1) is 0 Å². The summed E-state index contributed by atoms with van der Waals surface area (Å²) < 4.78 is 0. The Bertz CT molecular complexity index is 432. The van der Waals surface area contributed by atoms with Crippen molar-refractivity contribution >= 4 is 17.4 Å². The molecule has 0 saturated heterocycles. The van der Waals surface area contributed by atoms with Gasteiger partial charge in [-0.05, 0) is 51.2 Å². The third kappa shape index (κ3) is 4.38. The second kappa shape index (κ2) is 7.32. The lowest BCUT2D eigenvalue weighted by Crippen LogP contribution is -2.31. The highest BCUT2D eigenvalue weighted by Gasteiger charge is 2.21. The molecule has 1 aliphatic carbocycles. The maximum Gasteiger partial charge on any atom is 0.0445 e. The van der Waals surface area contributed by atoms with Gasteiger partial charge in [-0.25, -0.2) is 0 Å². The van der Waals surface area contributed by atoms with Crippen molar-refractivity contribution in [1.82, 2.24) is 10.3 Å². The Labute approximate surface area is 127 Å². The summed E-state index contributed by atoms with van der Waals surface area (Å²) in [5, 5.41) is 3.60. The fraction of sp³-hybridized carbons (Fsp3) is 0.688. The molecule has 1 heterocycles. The fourth-order valence-electron chi connectivity index (χ4n) is 2.30. The van der Waals surface area contributed by atoms with Crippen LogP contribution in [0.25, 0.3) is 0 Å². The smallest absolute Gasteiger partial charge is 0.0445 e. The van der Waals surface area contributed by atoms with Crippen molar-refractivity contribution in [2.45, 2.75) is 51.7 Å². The predicted molar refractivity (Wildman–Crippen MR) is 89.7 cm³/mol. The van der Waals surface area contributed by atoms with E-state index in [1.807, 2.05) is 18.0 Å². The van der Waals surface area contributed by atoms with Crippen molar-refractivity contribution in [1.29, 1.82) is 0 Å². The van der Waals surface area contributed by atoms with Crippen LogP contribution in [0.4, 0.5) is 5.69 Å². The molecule has 3 nitrogen and oxygen atoms in total. The monoisotopic (exact) mass is 293 g/mol. The number of thioether (sulfide) groups is 1. The maximum atomic E-state index is 4.47. The first-order valence-corrected chi connectivity index (χ1v) is 8.92. The fourth-order valence-corrected chi connectivity index (χ4v) is 2.88. The molecular formula is C16H27N3S. The van der Waals surface area contributed by atoms with Gasteiger partial charge in [-0.3, -0.25) is 4.98 Å². The molecule has 0 radical (unpaired) electrons. The summed E-state index contributed by atoms with van der Waals surface area (Å²) in [4.78, 5) is 6.88. The van der Waals surface area contributed by atoms with E-state index in [1.54, 1.807) is 0 Å². The quantitative estimate of drug-likeness (QED) is 0.796. The molecule has 1 aromatic rings. The number of nitrogens with zero attached hydrogens (tertiary/aromatic N) is 2. The summed E-state index contributed by atoms with van der Waals surface area (Å²) >= 11 is 1.92. The highest BCUT2D eigenvalue weighted by atomic mass is 32.2. The molecule has 1 N–H and O–H groups in total. The normalized spacial score (nSPS) is 16.2. The van der Waals surface area contributed by atoms with Gasteiger partial charge in [-0.15, -0.1) is 0 Å². The van der Waals surface area contributed by atoms with E-state index in [4.69, 9.17) is 0 Å². The Morgan fingerprint density at radius 3 is 2.90 bits per heavy atom. The van der Waals surface area contributed by atoms with Gasteiger partial charge < -0.3 is 10.2 Å². The molecule has 1 aromatic heterocycles. The van der Waals surface area contributed by atoms with Gasteiger partial charge >= 0.3 is 0 Å². The zero-order valence-electron chi connectivity index (χ0n) is 13.1. The Balaban J connectivity index is 2.07. The zero-order chi connectivity index (χ0) is 14.5. The Kier molecular flexibility index (Phi) is 5.73. The van der Waals surface area contributed by atoms with Crippen molar-refractivity contribution in [3.8, 4) is 0 Å². The minimum atomic E-state index is 0.559. The second-order valence-electron chi connectivity index (χ2n) is 5.85. The molecule has 1 aliphatic rings. The summed E-state index contributed by atoms with van der Waals surface area (Å²) in [6.07, 6.45) is 8.09. The third-order valence-electron chi connectivity index (χ3n) is 4.04. The molecule has 112 valence electrons. The lowest BCUT2D eigenvalue weighted by Gasteiger charge is -2.29. The first-order valence-electron chi connectivity index (χ1n) is 7.52. The summed E-state index contributed by atoms with van der Waals surface area (Å²) in [6, 6.07) is 3.52. The number of aryl methyl sites for hydroxylation is 1. The van der Waals surface area contributed by atoms with Crippen LogP contribution < -0.4 is 10.2 Å². The molecule has 1 saturated carbocycles. The van der Waals surface area contributed by atoms with Crippen molar-refractivity contribution in [2.24, 2.45) is 0 Å². The van der Waals surface area contributed by atoms with Gasteiger partial charge in [0.25, 0.3) is 0 Å². The van der Waals surface area contributed by atoms with Crippen LogP contribution >= 0.6 is 11.8 Å². The van der Waals surface area contributed by atoms with Crippen LogP contribution in [-0.2, 0) is 6.54 Å². The molecule has 0 bridgehead atoms. The number of hydrogen-bond donors (Lipinski definition) is 1. The van der Waals surface area contributed by atoms with Gasteiger partial charge in [0, 0.05) is 48.8 Å². The van der Waals surface area contributed by atoms with Crippen molar-refractivity contribution in [3.63, 3.8) is 0 Å². The molecule has 1 atom stereocenters. The van der Waals surface area contributed by atoms with Crippen LogP contribution in [0.2, 0.25) is 0 Å². The highest BCUT2D eigenvalue weighted by Crippen LogP contribution is 2.25. The lowest BCUT2D eigenvalue weighted by atomic mass is 10.1. The Morgan fingerprint density at radius 1 is 1.50 bits per heavy atom. The van der Waals surface area contributed by atoms with E-state index < -0.39 is 0 Å². The molecule has 1 unspecified atom stereocenters. The molecule has 0 aromatic carbocycles. The van der Waals surface area contributed by atoms with E-state index in [-0.39, 0.29) is 0 Å². The number of rotatable bonds is 8. The van der Waals surface area contributed by atoms with E-state index in [2.05, 4.69) is 48.4 Å².